The summed E-state index contributed by atoms with van der Waals surface area (Å²) in [5, 5.41) is 0. The van der Waals surface area contributed by atoms with Crippen molar-refractivity contribution < 1.29 is 9.53 Å². The van der Waals surface area contributed by atoms with Crippen LogP contribution < -0.4 is 0 Å². The molecule has 0 aliphatic carbocycles. The molecule has 0 spiro atoms. The molecule has 0 fully saturated rings. The molecule has 0 saturated carbocycles. The van der Waals surface area contributed by atoms with Crippen LogP contribution in [-0.4, -0.2) is 19.5 Å². The third kappa shape index (κ3) is 10.8. The number of carbonyl (C=O) groups is 1. The second-order valence-corrected chi connectivity index (χ2v) is 1.92. The normalized spacial score (nSPS) is 8.50. The minimum Gasteiger partial charge on any atom is -0.381 e. The Bertz CT molecular complexity index is 66.6. The zero-order valence-corrected chi connectivity index (χ0v) is 7.15. The van der Waals surface area contributed by atoms with Crippen LogP contribution in [-0.2, 0) is 9.53 Å². The van der Waals surface area contributed by atoms with Crippen molar-refractivity contribution >= 4 is 18.7 Å². The fraction of sp³-hybridized carbons (Fsp3) is 0.857. The predicted octanol–water partition coefficient (Wildman–Crippen LogP) is 1.81. The Morgan fingerprint density at radius 2 is 2.10 bits per heavy atom. The summed E-state index contributed by atoms with van der Waals surface area (Å²) in [6.45, 7) is 3.50. The summed E-state index contributed by atoms with van der Waals surface area (Å²) in [6.07, 6.45) is 3.66. The van der Waals surface area contributed by atoms with Crippen LogP contribution in [0.2, 0.25) is 0 Å². The summed E-state index contributed by atoms with van der Waals surface area (Å²) in [4.78, 5) is 9.76. The monoisotopic (exact) mass is 166 g/mol. The topological polar surface area (TPSA) is 26.3 Å². The van der Waals surface area contributed by atoms with Gasteiger partial charge < -0.3 is 9.53 Å². The second-order valence-electron chi connectivity index (χ2n) is 1.92. The number of carbonyl (C=O) groups excluding carboxylic acids is 1. The van der Waals surface area contributed by atoms with E-state index in [9.17, 15) is 4.79 Å². The van der Waals surface area contributed by atoms with Gasteiger partial charge in [0.05, 0.1) is 6.61 Å². The van der Waals surface area contributed by atoms with Crippen molar-refractivity contribution in [2.45, 2.75) is 26.2 Å². The molecule has 0 heterocycles. The number of ether oxygens (including phenoxy) is 1. The van der Waals surface area contributed by atoms with Gasteiger partial charge in [0.1, 0.15) is 6.29 Å². The lowest BCUT2D eigenvalue weighted by Gasteiger charge is -1.97. The number of hydrogen-bond acceptors (Lipinski definition) is 2. The largest absolute Gasteiger partial charge is 0.381 e. The van der Waals surface area contributed by atoms with Crippen LogP contribution in [0.15, 0.2) is 0 Å². The highest BCUT2D eigenvalue weighted by molar-refractivity contribution is 5.85. The predicted molar refractivity (Wildman–Crippen MR) is 43.7 cm³/mol. The van der Waals surface area contributed by atoms with Crippen molar-refractivity contribution in [3.05, 3.63) is 0 Å². The maximum absolute atomic E-state index is 9.76. The van der Waals surface area contributed by atoms with Gasteiger partial charge in [-0.15, -0.1) is 12.4 Å². The molecule has 0 aliphatic heterocycles. The number of rotatable bonds is 6. The molecule has 0 aromatic rings. The summed E-state index contributed by atoms with van der Waals surface area (Å²) in [7, 11) is 0. The average Bonchev–Trinajstić information content (AvgIpc) is 1.89. The van der Waals surface area contributed by atoms with E-state index in [1.165, 1.54) is 0 Å². The highest BCUT2D eigenvalue weighted by Gasteiger charge is 1.84. The Kier molecular flexibility index (Phi) is 14.7. The van der Waals surface area contributed by atoms with Crippen LogP contribution in [0.25, 0.3) is 0 Å². The van der Waals surface area contributed by atoms with E-state index < -0.39 is 0 Å². The summed E-state index contributed by atoms with van der Waals surface area (Å²) in [5.74, 6) is 0. The van der Waals surface area contributed by atoms with Gasteiger partial charge in [-0.2, -0.15) is 0 Å². The van der Waals surface area contributed by atoms with Crippen molar-refractivity contribution in [2.24, 2.45) is 0 Å². The molecule has 0 unspecified atom stereocenters. The summed E-state index contributed by atoms with van der Waals surface area (Å²) < 4.78 is 5.08. The molecular formula is C7H15ClO2. The van der Waals surface area contributed by atoms with Gasteiger partial charge in [0.15, 0.2) is 0 Å². The molecule has 10 heavy (non-hydrogen) atoms. The van der Waals surface area contributed by atoms with Crippen molar-refractivity contribution in [1.82, 2.24) is 0 Å². The highest BCUT2D eigenvalue weighted by atomic mass is 35.5. The van der Waals surface area contributed by atoms with E-state index in [2.05, 4.69) is 6.92 Å². The van der Waals surface area contributed by atoms with E-state index in [0.717, 1.165) is 25.7 Å². The number of aldehydes is 1. The first kappa shape index (κ1) is 12.6. The zero-order valence-electron chi connectivity index (χ0n) is 6.34. The smallest absolute Gasteiger partial charge is 0.122 e. The SMILES string of the molecule is CCCCOCCC=O.Cl. The van der Waals surface area contributed by atoms with Crippen molar-refractivity contribution in [2.75, 3.05) is 13.2 Å². The maximum atomic E-state index is 9.76. The minimum atomic E-state index is 0. The molecule has 0 radical (unpaired) electrons. The van der Waals surface area contributed by atoms with Gasteiger partial charge in [0, 0.05) is 13.0 Å². The van der Waals surface area contributed by atoms with Crippen molar-refractivity contribution in [3.8, 4) is 0 Å². The first-order valence-corrected chi connectivity index (χ1v) is 3.43. The summed E-state index contributed by atoms with van der Waals surface area (Å²) >= 11 is 0. The molecule has 0 atom stereocenters. The molecule has 62 valence electrons. The first-order valence-electron chi connectivity index (χ1n) is 3.43. The molecule has 0 amide bonds. The fourth-order valence-corrected chi connectivity index (χ4v) is 0.480. The van der Waals surface area contributed by atoms with Crippen LogP contribution in [0.3, 0.4) is 0 Å². The van der Waals surface area contributed by atoms with E-state index in [-0.39, 0.29) is 12.4 Å². The second kappa shape index (κ2) is 11.7. The molecule has 0 saturated heterocycles. The molecule has 0 rings (SSSR count). The van der Waals surface area contributed by atoms with E-state index >= 15 is 0 Å². The highest BCUT2D eigenvalue weighted by Crippen LogP contribution is 1.87. The molecule has 0 bridgehead atoms. The lowest BCUT2D eigenvalue weighted by atomic mass is 10.4. The lowest BCUT2D eigenvalue weighted by molar-refractivity contribution is -0.108. The van der Waals surface area contributed by atoms with Crippen LogP contribution >= 0.6 is 12.4 Å². The Morgan fingerprint density at radius 3 is 2.60 bits per heavy atom. The standard InChI is InChI=1S/C7H14O2.ClH/c1-2-3-6-9-7-4-5-8;/h5H,2-4,6-7H2,1H3;1H. The molecule has 3 heteroatoms. The Morgan fingerprint density at radius 1 is 1.40 bits per heavy atom. The van der Waals surface area contributed by atoms with Crippen LogP contribution in [0, 0.1) is 0 Å². The molecule has 0 N–H and O–H groups in total. The van der Waals surface area contributed by atoms with Crippen molar-refractivity contribution in [3.63, 3.8) is 0 Å². The summed E-state index contributed by atoms with van der Waals surface area (Å²) in [5.41, 5.74) is 0. The van der Waals surface area contributed by atoms with Gasteiger partial charge in [0.25, 0.3) is 0 Å². The third-order valence-corrected chi connectivity index (χ3v) is 1.02. The molecule has 0 aromatic heterocycles. The number of unbranched alkanes of at least 4 members (excludes halogenated alkanes) is 1. The van der Waals surface area contributed by atoms with Crippen molar-refractivity contribution in [1.29, 1.82) is 0 Å². The van der Waals surface area contributed by atoms with Gasteiger partial charge in [-0.05, 0) is 6.42 Å². The average molecular weight is 167 g/mol. The molecule has 0 aromatic carbocycles. The Balaban J connectivity index is 0. The summed E-state index contributed by atoms with van der Waals surface area (Å²) in [6, 6.07) is 0. The van der Waals surface area contributed by atoms with E-state index in [4.69, 9.17) is 4.74 Å². The molecular weight excluding hydrogens is 152 g/mol. The number of halogens is 1. The van der Waals surface area contributed by atoms with Gasteiger partial charge in [-0.1, -0.05) is 13.3 Å². The van der Waals surface area contributed by atoms with E-state index in [0.29, 0.717) is 13.0 Å². The van der Waals surface area contributed by atoms with E-state index in [1.807, 2.05) is 0 Å². The number of hydrogen-bond donors (Lipinski definition) is 0. The Labute approximate surface area is 68.4 Å². The zero-order chi connectivity index (χ0) is 6.95. The molecule has 0 aliphatic rings. The van der Waals surface area contributed by atoms with Gasteiger partial charge in [0.2, 0.25) is 0 Å². The van der Waals surface area contributed by atoms with Gasteiger partial charge in [-0.3, -0.25) is 0 Å². The van der Waals surface area contributed by atoms with Crippen LogP contribution in [0.5, 0.6) is 0 Å². The van der Waals surface area contributed by atoms with Gasteiger partial charge in [-0.25, -0.2) is 0 Å². The lowest BCUT2D eigenvalue weighted by Crippen LogP contribution is -1.96. The van der Waals surface area contributed by atoms with E-state index in [1.54, 1.807) is 0 Å². The first-order chi connectivity index (χ1) is 4.41. The minimum absolute atomic E-state index is 0. The maximum Gasteiger partial charge on any atom is 0.122 e. The fourth-order valence-electron chi connectivity index (χ4n) is 0.480. The Hall–Kier alpha value is -0.0800. The third-order valence-electron chi connectivity index (χ3n) is 1.02. The van der Waals surface area contributed by atoms with Crippen LogP contribution in [0.4, 0.5) is 0 Å². The van der Waals surface area contributed by atoms with Crippen LogP contribution in [0.1, 0.15) is 26.2 Å². The molecule has 2 nitrogen and oxygen atoms in total. The quantitative estimate of drug-likeness (QED) is 0.445. The van der Waals surface area contributed by atoms with Gasteiger partial charge >= 0.3 is 0 Å².